The molecule has 3 nitrogen and oxygen atoms in total. The third kappa shape index (κ3) is 2.93. The number of hydrogen-bond acceptors (Lipinski definition) is 3. The summed E-state index contributed by atoms with van der Waals surface area (Å²) in [6.45, 7) is 4.85. The lowest BCUT2D eigenvalue weighted by atomic mass is 9.99. The van der Waals surface area contributed by atoms with E-state index in [0.29, 0.717) is 12.1 Å². The number of ether oxygens (including phenoxy) is 2. The maximum absolute atomic E-state index is 5.58. The maximum Gasteiger partial charge on any atom is 0.122 e. The summed E-state index contributed by atoms with van der Waals surface area (Å²) in [5.41, 5.74) is 2.75. The fourth-order valence-electron chi connectivity index (χ4n) is 3.03. The van der Waals surface area contributed by atoms with Gasteiger partial charge in [0.15, 0.2) is 0 Å². The Labute approximate surface area is 115 Å². The minimum Gasteiger partial charge on any atom is -0.493 e. The molecule has 0 spiro atoms. The zero-order valence-corrected chi connectivity index (χ0v) is 11.7. The number of nitrogens with one attached hydrogen (secondary N) is 1. The van der Waals surface area contributed by atoms with Crippen LogP contribution in [0.3, 0.4) is 0 Å². The summed E-state index contributed by atoms with van der Waals surface area (Å²) in [6, 6.07) is 7.57. The molecule has 2 aliphatic heterocycles. The van der Waals surface area contributed by atoms with E-state index in [1.807, 2.05) is 0 Å². The molecular formula is C16H23NO2. The molecule has 2 atom stereocenters. The SMILES string of the molecule is CCC(NC1CCCOC1)c1ccc2c(c1)CCO2. The summed E-state index contributed by atoms with van der Waals surface area (Å²) in [4.78, 5) is 0. The van der Waals surface area contributed by atoms with Crippen LogP contribution >= 0.6 is 0 Å². The van der Waals surface area contributed by atoms with Crippen molar-refractivity contribution in [3.8, 4) is 5.75 Å². The first kappa shape index (κ1) is 12.9. The average molecular weight is 261 g/mol. The van der Waals surface area contributed by atoms with Gasteiger partial charge in [0, 0.05) is 25.1 Å². The first-order valence-corrected chi connectivity index (χ1v) is 7.46. The van der Waals surface area contributed by atoms with Gasteiger partial charge in [-0.2, -0.15) is 0 Å². The van der Waals surface area contributed by atoms with Crippen molar-refractivity contribution < 1.29 is 9.47 Å². The van der Waals surface area contributed by atoms with Gasteiger partial charge < -0.3 is 14.8 Å². The van der Waals surface area contributed by atoms with Crippen molar-refractivity contribution >= 4 is 0 Å². The largest absolute Gasteiger partial charge is 0.493 e. The maximum atomic E-state index is 5.58. The van der Waals surface area contributed by atoms with Gasteiger partial charge in [-0.3, -0.25) is 0 Å². The second kappa shape index (κ2) is 5.93. The molecular weight excluding hydrogens is 238 g/mol. The third-order valence-electron chi connectivity index (χ3n) is 4.12. The van der Waals surface area contributed by atoms with Crippen LogP contribution < -0.4 is 10.1 Å². The van der Waals surface area contributed by atoms with Crippen molar-refractivity contribution in [1.82, 2.24) is 5.32 Å². The van der Waals surface area contributed by atoms with Crippen LogP contribution in [0.5, 0.6) is 5.75 Å². The summed E-state index contributed by atoms with van der Waals surface area (Å²) >= 11 is 0. The van der Waals surface area contributed by atoms with Crippen molar-refractivity contribution in [2.75, 3.05) is 19.8 Å². The normalized spacial score (nSPS) is 23.7. The number of benzene rings is 1. The summed E-state index contributed by atoms with van der Waals surface area (Å²) in [5, 5.41) is 3.75. The topological polar surface area (TPSA) is 30.5 Å². The van der Waals surface area contributed by atoms with Crippen molar-refractivity contribution in [2.24, 2.45) is 0 Å². The molecule has 3 rings (SSSR count). The second-order valence-corrected chi connectivity index (χ2v) is 5.51. The van der Waals surface area contributed by atoms with E-state index in [-0.39, 0.29) is 0 Å². The molecule has 1 saturated heterocycles. The molecule has 0 saturated carbocycles. The van der Waals surface area contributed by atoms with E-state index < -0.39 is 0 Å². The molecule has 1 aromatic rings. The van der Waals surface area contributed by atoms with Crippen LogP contribution in [-0.4, -0.2) is 25.9 Å². The zero-order valence-electron chi connectivity index (χ0n) is 11.7. The number of rotatable bonds is 4. The predicted octanol–water partition coefficient (Wildman–Crippen LogP) is 2.84. The van der Waals surface area contributed by atoms with E-state index in [2.05, 4.69) is 30.4 Å². The molecule has 0 radical (unpaired) electrons. The summed E-state index contributed by atoms with van der Waals surface area (Å²) in [5.74, 6) is 1.07. The molecule has 104 valence electrons. The Morgan fingerprint density at radius 2 is 2.32 bits per heavy atom. The molecule has 2 unspecified atom stereocenters. The Morgan fingerprint density at radius 3 is 3.11 bits per heavy atom. The highest BCUT2D eigenvalue weighted by Gasteiger charge is 2.20. The molecule has 3 heteroatoms. The molecule has 1 aromatic carbocycles. The fourth-order valence-corrected chi connectivity index (χ4v) is 3.03. The Balaban J connectivity index is 1.70. The Hall–Kier alpha value is -1.06. The van der Waals surface area contributed by atoms with Crippen molar-refractivity contribution in [1.29, 1.82) is 0 Å². The van der Waals surface area contributed by atoms with Gasteiger partial charge in [0.05, 0.1) is 13.2 Å². The smallest absolute Gasteiger partial charge is 0.122 e. The van der Waals surface area contributed by atoms with Crippen LogP contribution in [0.15, 0.2) is 18.2 Å². The van der Waals surface area contributed by atoms with E-state index in [1.54, 1.807) is 0 Å². The lowest BCUT2D eigenvalue weighted by molar-refractivity contribution is 0.0661. The first-order chi connectivity index (χ1) is 9.36. The van der Waals surface area contributed by atoms with Crippen LogP contribution in [0.4, 0.5) is 0 Å². The lowest BCUT2D eigenvalue weighted by Gasteiger charge is -2.28. The Kier molecular flexibility index (Phi) is 4.04. The summed E-state index contributed by atoms with van der Waals surface area (Å²) in [7, 11) is 0. The molecule has 1 fully saturated rings. The van der Waals surface area contributed by atoms with Crippen LogP contribution in [0.2, 0.25) is 0 Å². The van der Waals surface area contributed by atoms with E-state index in [4.69, 9.17) is 9.47 Å². The molecule has 0 bridgehead atoms. The molecule has 0 aliphatic carbocycles. The quantitative estimate of drug-likeness (QED) is 0.904. The van der Waals surface area contributed by atoms with Gasteiger partial charge in [0.2, 0.25) is 0 Å². The highest BCUT2D eigenvalue weighted by molar-refractivity contribution is 5.40. The van der Waals surface area contributed by atoms with Gasteiger partial charge in [0.25, 0.3) is 0 Å². The van der Waals surface area contributed by atoms with Gasteiger partial charge in [-0.05, 0) is 36.5 Å². The molecule has 19 heavy (non-hydrogen) atoms. The van der Waals surface area contributed by atoms with E-state index in [1.165, 1.54) is 24.0 Å². The minimum atomic E-state index is 0.428. The van der Waals surface area contributed by atoms with Gasteiger partial charge in [0.1, 0.15) is 5.75 Å². The molecule has 2 aliphatic rings. The van der Waals surface area contributed by atoms with Gasteiger partial charge >= 0.3 is 0 Å². The summed E-state index contributed by atoms with van der Waals surface area (Å²) < 4.78 is 11.1. The molecule has 0 amide bonds. The van der Waals surface area contributed by atoms with Gasteiger partial charge in [-0.15, -0.1) is 0 Å². The van der Waals surface area contributed by atoms with Gasteiger partial charge in [-0.25, -0.2) is 0 Å². The van der Waals surface area contributed by atoms with Crippen molar-refractivity contribution in [3.05, 3.63) is 29.3 Å². The fraction of sp³-hybridized carbons (Fsp3) is 0.625. The number of hydrogen-bond donors (Lipinski definition) is 1. The third-order valence-corrected chi connectivity index (χ3v) is 4.12. The standard InChI is InChI=1S/C16H23NO2/c1-2-15(17-14-4-3-8-18-11-14)12-5-6-16-13(10-12)7-9-19-16/h5-6,10,14-15,17H,2-4,7-9,11H2,1H3. The average Bonchev–Trinajstić information content (AvgIpc) is 2.93. The molecule has 2 heterocycles. The molecule has 0 aromatic heterocycles. The first-order valence-electron chi connectivity index (χ1n) is 7.46. The predicted molar refractivity (Wildman–Crippen MR) is 75.6 cm³/mol. The highest BCUT2D eigenvalue weighted by Crippen LogP contribution is 2.29. The van der Waals surface area contributed by atoms with E-state index in [9.17, 15) is 0 Å². The highest BCUT2D eigenvalue weighted by atomic mass is 16.5. The van der Waals surface area contributed by atoms with E-state index >= 15 is 0 Å². The van der Waals surface area contributed by atoms with Crippen LogP contribution in [0.25, 0.3) is 0 Å². The second-order valence-electron chi connectivity index (χ2n) is 5.51. The Morgan fingerprint density at radius 1 is 1.37 bits per heavy atom. The monoisotopic (exact) mass is 261 g/mol. The molecule has 1 N–H and O–H groups in total. The van der Waals surface area contributed by atoms with E-state index in [0.717, 1.165) is 38.4 Å². The summed E-state index contributed by atoms with van der Waals surface area (Å²) in [6.07, 6.45) is 4.55. The lowest BCUT2D eigenvalue weighted by Crippen LogP contribution is -2.39. The van der Waals surface area contributed by atoms with Crippen LogP contribution in [-0.2, 0) is 11.2 Å². The van der Waals surface area contributed by atoms with Crippen LogP contribution in [0.1, 0.15) is 43.4 Å². The minimum absolute atomic E-state index is 0.428. The zero-order chi connectivity index (χ0) is 13.1. The van der Waals surface area contributed by atoms with Gasteiger partial charge in [-0.1, -0.05) is 19.1 Å². The number of fused-ring (bicyclic) bond motifs is 1. The van der Waals surface area contributed by atoms with Crippen molar-refractivity contribution in [2.45, 2.75) is 44.7 Å². The van der Waals surface area contributed by atoms with Crippen molar-refractivity contribution in [3.63, 3.8) is 0 Å². The van der Waals surface area contributed by atoms with Crippen LogP contribution in [0, 0.1) is 0 Å². The Bertz CT molecular complexity index is 427.